The van der Waals surface area contributed by atoms with Gasteiger partial charge in [0.2, 0.25) is 10.0 Å². The number of carbonyl (C=O) groups excluding carboxylic acids is 1. The Morgan fingerprint density at radius 1 is 1.05 bits per heavy atom. The fraction of sp³-hybridized carbons (Fsp3) is 0.462. The van der Waals surface area contributed by atoms with E-state index in [-0.39, 0.29) is 10.9 Å². The maximum Gasteiger partial charge on any atom is 0.316 e. The minimum Gasteiger partial charge on any atom is -0.383 e. The van der Waals surface area contributed by atoms with E-state index in [1.165, 1.54) is 23.3 Å². The van der Waals surface area contributed by atoms with E-state index in [2.05, 4.69) is 10.6 Å². The number of hydrogen-bond donors (Lipinski definition) is 2. The molecule has 0 aliphatic carbocycles. The number of rotatable bonds is 6. The van der Waals surface area contributed by atoms with Gasteiger partial charge in [0.05, 0.1) is 4.90 Å². The Morgan fingerprint density at radius 2 is 1.62 bits per heavy atom. The summed E-state index contributed by atoms with van der Waals surface area (Å²) in [4.78, 5) is 13.0. The molecule has 0 heterocycles. The van der Waals surface area contributed by atoms with Gasteiger partial charge in [-0.1, -0.05) is 0 Å². The van der Waals surface area contributed by atoms with Crippen LogP contribution in [-0.4, -0.2) is 64.9 Å². The highest BCUT2D eigenvalue weighted by molar-refractivity contribution is 7.89. The second kappa shape index (κ2) is 7.28. The van der Waals surface area contributed by atoms with Crippen molar-refractivity contribution in [3.63, 3.8) is 0 Å². The maximum absolute atomic E-state index is 11.9. The van der Waals surface area contributed by atoms with Crippen LogP contribution in [0.4, 0.5) is 10.5 Å². The molecule has 0 radical (unpaired) electrons. The van der Waals surface area contributed by atoms with Crippen LogP contribution in [0.2, 0.25) is 0 Å². The highest BCUT2D eigenvalue weighted by atomic mass is 32.2. The minimum absolute atomic E-state index is 0.149. The number of anilines is 1. The normalized spacial score (nSPS) is 11.3. The molecule has 0 aliphatic heterocycles. The number of amides is 2. The van der Waals surface area contributed by atoms with Crippen LogP contribution < -0.4 is 10.6 Å². The Labute approximate surface area is 126 Å². The minimum atomic E-state index is -3.40. The van der Waals surface area contributed by atoms with Gasteiger partial charge in [-0.25, -0.2) is 17.5 Å². The number of benzene rings is 1. The third-order valence-electron chi connectivity index (χ3n) is 2.77. The highest BCUT2D eigenvalue weighted by Gasteiger charge is 2.16. The Bertz CT molecular complexity index is 568. The van der Waals surface area contributed by atoms with Gasteiger partial charge in [0, 0.05) is 47.0 Å². The Morgan fingerprint density at radius 3 is 2.10 bits per heavy atom. The Hall–Kier alpha value is -1.80. The second-order valence-corrected chi connectivity index (χ2v) is 7.02. The van der Waals surface area contributed by atoms with E-state index in [1.54, 1.807) is 38.4 Å². The summed E-state index contributed by atoms with van der Waals surface area (Å²) >= 11 is 0. The highest BCUT2D eigenvalue weighted by Crippen LogP contribution is 2.16. The molecule has 21 heavy (non-hydrogen) atoms. The maximum atomic E-state index is 11.9. The average Bonchev–Trinajstić information content (AvgIpc) is 2.43. The molecule has 2 N–H and O–H groups in total. The monoisotopic (exact) mass is 314 g/mol. The van der Waals surface area contributed by atoms with E-state index < -0.39 is 10.0 Å². The van der Waals surface area contributed by atoms with Gasteiger partial charge in [-0.2, -0.15) is 0 Å². The van der Waals surface area contributed by atoms with Crippen LogP contribution in [0.15, 0.2) is 29.2 Å². The Balaban J connectivity index is 2.51. The summed E-state index contributed by atoms with van der Waals surface area (Å²) in [5.41, 5.74) is 0.798. The molecule has 0 aromatic heterocycles. The lowest BCUT2D eigenvalue weighted by atomic mass is 10.3. The van der Waals surface area contributed by atoms with Crippen molar-refractivity contribution in [1.29, 1.82) is 0 Å². The van der Waals surface area contributed by atoms with Crippen LogP contribution in [0.3, 0.4) is 0 Å². The number of hydrogen-bond acceptors (Lipinski definition) is 4. The van der Waals surface area contributed by atoms with E-state index in [0.717, 1.165) is 5.69 Å². The zero-order valence-corrected chi connectivity index (χ0v) is 13.6. The van der Waals surface area contributed by atoms with Crippen molar-refractivity contribution in [2.75, 3.05) is 46.6 Å². The largest absolute Gasteiger partial charge is 0.383 e. The summed E-state index contributed by atoms with van der Waals surface area (Å²) in [5, 5.41) is 5.83. The molecule has 0 aliphatic rings. The molecule has 2 amide bonds. The first-order valence-electron chi connectivity index (χ1n) is 6.47. The first-order chi connectivity index (χ1) is 9.75. The molecule has 1 rings (SSSR count). The SMILES string of the molecule is CN(C)C(=O)NCCNc1ccc(S(=O)(=O)N(C)C)cc1. The van der Waals surface area contributed by atoms with Crippen LogP contribution in [0.1, 0.15) is 0 Å². The van der Waals surface area contributed by atoms with Crippen molar-refractivity contribution in [1.82, 2.24) is 14.5 Å². The molecular formula is C13H22N4O3S. The van der Waals surface area contributed by atoms with Gasteiger partial charge in [0.25, 0.3) is 0 Å². The smallest absolute Gasteiger partial charge is 0.316 e. The predicted octanol–water partition coefficient (Wildman–Crippen LogP) is 0.620. The molecule has 1 aromatic carbocycles. The van der Waals surface area contributed by atoms with Crippen LogP contribution in [-0.2, 0) is 10.0 Å². The lowest BCUT2D eigenvalue weighted by Gasteiger charge is -2.13. The van der Waals surface area contributed by atoms with Gasteiger partial charge in [0.1, 0.15) is 0 Å². The van der Waals surface area contributed by atoms with Gasteiger partial charge in [-0.15, -0.1) is 0 Å². The van der Waals surface area contributed by atoms with Gasteiger partial charge >= 0.3 is 6.03 Å². The fourth-order valence-electron chi connectivity index (χ4n) is 1.49. The molecule has 8 heteroatoms. The molecule has 0 saturated carbocycles. The summed E-state index contributed by atoms with van der Waals surface area (Å²) in [6.07, 6.45) is 0. The number of nitrogens with one attached hydrogen (secondary N) is 2. The molecule has 0 spiro atoms. The molecule has 0 unspecified atom stereocenters. The van der Waals surface area contributed by atoms with Crippen molar-refractivity contribution in [3.8, 4) is 0 Å². The van der Waals surface area contributed by atoms with Crippen molar-refractivity contribution in [2.24, 2.45) is 0 Å². The van der Waals surface area contributed by atoms with Crippen molar-refractivity contribution in [3.05, 3.63) is 24.3 Å². The van der Waals surface area contributed by atoms with Crippen LogP contribution in [0.25, 0.3) is 0 Å². The summed E-state index contributed by atoms with van der Waals surface area (Å²) in [5.74, 6) is 0. The second-order valence-electron chi connectivity index (χ2n) is 4.86. The number of sulfonamides is 1. The van der Waals surface area contributed by atoms with Crippen LogP contribution in [0.5, 0.6) is 0 Å². The van der Waals surface area contributed by atoms with E-state index in [9.17, 15) is 13.2 Å². The van der Waals surface area contributed by atoms with Gasteiger partial charge in [-0.3, -0.25) is 0 Å². The standard InChI is InChI=1S/C13H22N4O3S/c1-16(2)13(18)15-10-9-14-11-5-7-12(8-6-11)21(19,20)17(3)4/h5-8,14H,9-10H2,1-4H3,(H,15,18). The quantitative estimate of drug-likeness (QED) is 0.754. The van der Waals surface area contributed by atoms with Crippen LogP contribution >= 0.6 is 0 Å². The van der Waals surface area contributed by atoms with Gasteiger partial charge < -0.3 is 15.5 Å². The molecule has 0 bridgehead atoms. The van der Waals surface area contributed by atoms with Crippen molar-refractivity contribution >= 4 is 21.7 Å². The average molecular weight is 314 g/mol. The first kappa shape index (κ1) is 17.3. The molecule has 118 valence electrons. The predicted molar refractivity (Wildman–Crippen MR) is 82.9 cm³/mol. The van der Waals surface area contributed by atoms with E-state index in [0.29, 0.717) is 13.1 Å². The zero-order valence-electron chi connectivity index (χ0n) is 12.8. The van der Waals surface area contributed by atoms with E-state index in [1.807, 2.05) is 0 Å². The van der Waals surface area contributed by atoms with Crippen molar-refractivity contribution in [2.45, 2.75) is 4.90 Å². The zero-order chi connectivity index (χ0) is 16.0. The summed E-state index contributed by atoms with van der Waals surface area (Å²) in [7, 11) is 2.94. The molecule has 1 aromatic rings. The topological polar surface area (TPSA) is 81.8 Å². The lowest BCUT2D eigenvalue weighted by molar-refractivity contribution is 0.218. The number of carbonyl (C=O) groups is 1. The molecule has 0 atom stereocenters. The van der Waals surface area contributed by atoms with E-state index >= 15 is 0 Å². The lowest BCUT2D eigenvalue weighted by Crippen LogP contribution is -2.37. The molecule has 0 fully saturated rings. The third kappa shape index (κ3) is 4.91. The molecular weight excluding hydrogens is 292 g/mol. The summed E-state index contributed by atoms with van der Waals surface area (Å²) in [6.45, 7) is 1.04. The summed E-state index contributed by atoms with van der Waals surface area (Å²) in [6, 6.07) is 6.35. The van der Waals surface area contributed by atoms with E-state index in [4.69, 9.17) is 0 Å². The van der Waals surface area contributed by atoms with Gasteiger partial charge in [0.15, 0.2) is 0 Å². The number of urea groups is 1. The first-order valence-corrected chi connectivity index (χ1v) is 7.91. The molecule has 0 saturated heterocycles. The van der Waals surface area contributed by atoms with Gasteiger partial charge in [-0.05, 0) is 24.3 Å². The third-order valence-corrected chi connectivity index (χ3v) is 4.60. The number of nitrogens with zero attached hydrogens (tertiary/aromatic N) is 2. The Kier molecular flexibility index (Phi) is 5.98. The molecule has 7 nitrogen and oxygen atoms in total. The fourth-order valence-corrected chi connectivity index (χ4v) is 2.39. The summed E-state index contributed by atoms with van der Waals surface area (Å²) < 4.78 is 25.0. The van der Waals surface area contributed by atoms with Crippen LogP contribution in [0, 0.1) is 0 Å². The van der Waals surface area contributed by atoms with Crippen molar-refractivity contribution < 1.29 is 13.2 Å².